The van der Waals surface area contributed by atoms with Gasteiger partial charge >= 0.3 is 0 Å². The molecule has 3 aromatic rings. The lowest BCUT2D eigenvalue weighted by Gasteiger charge is -2.10. The molecular weight excluding hydrogens is 371 g/mol. The number of nitrogens with zero attached hydrogens (tertiary/aromatic N) is 2. The Morgan fingerprint density at radius 2 is 1.86 bits per heavy atom. The van der Waals surface area contributed by atoms with Crippen molar-refractivity contribution in [2.45, 2.75) is 19.9 Å². The van der Waals surface area contributed by atoms with Crippen LogP contribution in [0.15, 0.2) is 54.6 Å². The minimum Gasteiger partial charge on any atom is -0.497 e. The van der Waals surface area contributed by atoms with Gasteiger partial charge in [0, 0.05) is 19.2 Å². The maximum Gasteiger partial charge on any atom is 0.270 e. The average Bonchev–Trinajstić information content (AvgIpc) is 2.73. The molecule has 0 saturated carbocycles. The molecule has 2 N–H and O–H groups in total. The zero-order chi connectivity index (χ0) is 20.6. The molecule has 0 bridgehead atoms. The van der Waals surface area contributed by atoms with E-state index >= 15 is 0 Å². The molecule has 3 rings (SSSR count). The van der Waals surface area contributed by atoms with Crippen LogP contribution in [0.4, 0.5) is 10.2 Å². The molecular formula is C22H23FN4O2. The third-order valence-corrected chi connectivity index (χ3v) is 4.34. The molecule has 0 aliphatic heterocycles. The monoisotopic (exact) mass is 394 g/mol. The van der Waals surface area contributed by atoms with Gasteiger partial charge in [0.05, 0.1) is 7.11 Å². The van der Waals surface area contributed by atoms with Gasteiger partial charge in [-0.15, -0.1) is 0 Å². The summed E-state index contributed by atoms with van der Waals surface area (Å²) in [4.78, 5) is 21.0. The van der Waals surface area contributed by atoms with Crippen molar-refractivity contribution in [3.63, 3.8) is 0 Å². The van der Waals surface area contributed by atoms with Crippen LogP contribution in [-0.4, -0.2) is 29.5 Å². The fourth-order valence-electron chi connectivity index (χ4n) is 2.81. The number of amides is 1. The van der Waals surface area contributed by atoms with Gasteiger partial charge in [-0.05, 0) is 42.7 Å². The summed E-state index contributed by atoms with van der Waals surface area (Å²) in [6, 6.07) is 15.8. The van der Waals surface area contributed by atoms with E-state index in [1.165, 1.54) is 6.07 Å². The molecule has 7 heteroatoms. The minimum atomic E-state index is -0.320. The molecule has 0 saturated heterocycles. The van der Waals surface area contributed by atoms with Gasteiger partial charge in [0.2, 0.25) is 0 Å². The predicted octanol–water partition coefficient (Wildman–Crippen LogP) is 3.52. The summed E-state index contributed by atoms with van der Waals surface area (Å²) in [5.41, 5.74) is 1.88. The van der Waals surface area contributed by atoms with Crippen molar-refractivity contribution in [3.05, 3.63) is 83.1 Å². The van der Waals surface area contributed by atoms with Crippen molar-refractivity contribution >= 4 is 11.7 Å². The van der Waals surface area contributed by atoms with Gasteiger partial charge in [0.25, 0.3) is 5.91 Å². The lowest BCUT2D eigenvalue weighted by atomic mass is 10.1. The van der Waals surface area contributed by atoms with Crippen molar-refractivity contribution in [2.75, 3.05) is 19.0 Å². The van der Waals surface area contributed by atoms with Gasteiger partial charge in [-0.1, -0.05) is 30.3 Å². The second kappa shape index (κ2) is 9.64. The molecule has 2 aromatic carbocycles. The Hall–Kier alpha value is -3.48. The van der Waals surface area contributed by atoms with Crippen molar-refractivity contribution in [2.24, 2.45) is 0 Å². The number of benzene rings is 2. The third kappa shape index (κ3) is 5.75. The summed E-state index contributed by atoms with van der Waals surface area (Å²) in [5, 5.41) is 5.98. The highest BCUT2D eigenvalue weighted by Crippen LogP contribution is 2.13. The molecule has 0 spiro atoms. The second-order valence-corrected chi connectivity index (χ2v) is 6.48. The molecule has 0 aliphatic carbocycles. The molecule has 1 amide bonds. The van der Waals surface area contributed by atoms with Gasteiger partial charge in [-0.25, -0.2) is 14.4 Å². The van der Waals surface area contributed by atoms with Crippen LogP contribution in [0.5, 0.6) is 5.75 Å². The first kappa shape index (κ1) is 20.3. The van der Waals surface area contributed by atoms with Gasteiger partial charge in [0.15, 0.2) is 0 Å². The number of aromatic nitrogens is 2. The number of halogens is 1. The fourth-order valence-corrected chi connectivity index (χ4v) is 2.81. The van der Waals surface area contributed by atoms with E-state index in [4.69, 9.17) is 4.74 Å². The summed E-state index contributed by atoms with van der Waals surface area (Å²) in [5.74, 6) is 1.25. The van der Waals surface area contributed by atoms with Gasteiger partial charge in [0.1, 0.15) is 28.9 Å². The van der Waals surface area contributed by atoms with E-state index in [0.717, 1.165) is 11.3 Å². The number of rotatable bonds is 8. The molecule has 0 unspecified atom stereocenters. The van der Waals surface area contributed by atoms with Crippen molar-refractivity contribution < 1.29 is 13.9 Å². The van der Waals surface area contributed by atoms with E-state index in [0.29, 0.717) is 36.7 Å². The van der Waals surface area contributed by atoms with E-state index in [-0.39, 0.29) is 17.4 Å². The van der Waals surface area contributed by atoms with Crippen molar-refractivity contribution in [3.8, 4) is 5.75 Å². The van der Waals surface area contributed by atoms with E-state index < -0.39 is 0 Å². The molecule has 0 atom stereocenters. The Kier molecular flexibility index (Phi) is 6.73. The first-order chi connectivity index (χ1) is 14.0. The highest BCUT2D eigenvalue weighted by atomic mass is 19.1. The number of anilines is 1. The number of methoxy groups -OCH3 is 1. The highest BCUT2D eigenvalue weighted by Gasteiger charge is 2.11. The Bertz CT molecular complexity index is 977. The summed E-state index contributed by atoms with van der Waals surface area (Å²) < 4.78 is 18.8. The van der Waals surface area contributed by atoms with E-state index in [1.54, 1.807) is 38.3 Å². The molecule has 1 heterocycles. The van der Waals surface area contributed by atoms with Crippen LogP contribution >= 0.6 is 0 Å². The first-order valence-electron chi connectivity index (χ1n) is 9.29. The molecule has 150 valence electrons. The lowest BCUT2D eigenvalue weighted by Crippen LogP contribution is -2.27. The Balaban J connectivity index is 1.58. The SMILES string of the molecule is COc1ccc(CNc2cc(C(=O)NCCc3ccccc3F)nc(C)n2)cc1. The minimum absolute atomic E-state index is 0.267. The predicted molar refractivity (Wildman–Crippen MR) is 110 cm³/mol. The smallest absolute Gasteiger partial charge is 0.270 e. The maximum absolute atomic E-state index is 13.7. The normalized spacial score (nSPS) is 10.4. The first-order valence-corrected chi connectivity index (χ1v) is 9.29. The summed E-state index contributed by atoms with van der Waals surface area (Å²) in [6.07, 6.45) is 0.408. The Morgan fingerprint density at radius 3 is 2.59 bits per heavy atom. The van der Waals surface area contributed by atoms with E-state index in [9.17, 15) is 9.18 Å². The maximum atomic E-state index is 13.7. The van der Waals surface area contributed by atoms with Crippen molar-refractivity contribution in [1.82, 2.24) is 15.3 Å². The summed E-state index contributed by atoms with van der Waals surface area (Å²) >= 11 is 0. The molecule has 29 heavy (non-hydrogen) atoms. The number of hydrogen-bond donors (Lipinski definition) is 2. The van der Waals surface area contributed by atoms with Crippen LogP contribution in [-0.2, 0) is 13.0 Å². The van der Waals surface area contributed by atoms with Crippen LogP contribution in [0.1, 0.15) is 27.4 Å². The van der Waals surface area contributed by atoms with Crippen molar-refractivity contribution in [1.29, 1.82) is 0 Å². The second-order valence-electron chi connectivity index (χ2n) is 6.48. The number of carbonyl (C=O) groups excluding carboxylic acids is 1. The lowest BCUT2D eigenvalue weighted by molar-refractivity contribution is 0.0948. The number of nitrogens with one attached hydrogen (secondary N) is 2. The number of hydrogen-bond acceptors (Lipinski definition) is 5. The number of ether oxygens (including phenoxy) is 1. The standard InChI is InChI=1S/C22H23FN4O2/c1-15-26-20(22(28)24-12-11-17-5-3-4-6-19(17)23)13-21(27-15)25-14-16-7-9-18(29-2)10-8-16/h3-10,13H,11-12,14H2,1-2H3,(H,24,28)(H,25,26,27). The van der Waals surface area contributed by atoms with Gasteiger partial charge in [-0.3, -0.25) is 4.79 Å². The molecule has 0 fully saturated rings. The quantitative estimate of drug-likeness (QED) is 0.611. The van der Waals surface area contributed by atoms with Crippen LogP contribution < -0.4 is 15.4 Å². The van der Waals surface area contributed by atoms with E-state index in [1.807, 2.05) is 24.3 Å². The van der Waals surface area contributed by atoms with Crippen LogP contribution in [0.25, 0.3) is 0 Å². The van der Waals surface area contributed by atoms with Crippen LogP contribution in [0, 0.1) is 12.7 Å². The molecule has 6 nitrogen and oxygen atoms in total. The van der Waals surface area contributed by atoms with Crippen LogP contribution in [0.2, 0.25) is 0 Å². The zero-order valence-electron chi connectivity index (χ0n) is 16.4. The van der Waals surface area contributed by atoms with E-state index in [2.05, 4.69) is 20.6 Å². The number of carbonyl (C=O) groups is 1. The summed E-state index contributed by atoms with van der Waals surface area (Å²) in [6.45, 7) is 2.60. The van der Waals surface area contributed by atoms with Crippen LogP contribution in [0.3, 0.4) is 0 Å². The zero-order valence-corrected chi connectivity index (χ0v) is 16.4. The molecule has 0 aliphatic rings. The highest BCUT2D eigenvalue weighted by molar-refractivity contribution is 5.92. The van der Waals surface area contributed by atoms with Gasteiger partial charge in [-0.2, -0.15) is 0 Å². The topological polar surface area (TPSA) is 76.1 Å². The third-order valence-electron chi connectivity index (χ3n) is 4.34. The average molecular weight is 394 g/mol. The van der Waals surface area contributed by atoms with Gasteiger partial charge < -0.3 is 15.4 Å². The Morgan fingerprint density at radius 1 is 1.10 bits per heavy atom. The fraction of sp³-hybridized carbons (Fsp3) is 0.227. The summed E-state index contributed by atoms with van der Waals surface area (Å²) in [7, 11) is 1.62. The number of aryl methyl sites for hydroxylation is 1. The molecule has 1 aromatic heterocycles. The Labute approximate surface area is 169 Å². The molecule has 0 radical (unpaired) electrons. The largest absolute Gasteiger partial charge is 0.497 e.